The van der Waals surface area contributed by atoms with Gasteiger partial charge in [0.25, 0.3) is 5.91 Å². The van der Waals surface area contributed by atoms with Crippen LogP contribution in [-0.4, -0.2) is 55.4 Å². The van der Waals surface area contributed by atoms with Gasteiger partial charge in [-0.15, -0.1) is 0 Å². The monoisotopic (exact) mass is 594 g/mol. The first-order valence-electron chi connectivity index (χ1n) is 14.0. The summed E-state index contributed by atoms with van der Waals surface area (Å²) in [6, 6.07) is 11.2. The number of carbonyl (C=O) groups excluding carboxylic acids is 1. The smallest absolute Gasteiger partial charge is 0.257 e. The van der Waals surface area contributed by atoms with Gasteiger partial charge in [-0.25, -0.2) is 14.4 Å². The Labute approximate surface area is 248 Å². The molecule has 2 atom stereocenters. The molecule has 0 saturated heterocycles. The number of carbonyl (C=O) groups is 1. The van der Waals surface area contributed by atoms with Crippen LogP contribution in [0.3, 0.4) is 0 Å². The third-order valence-electron chi connectivity index (χ3n) is 8.47. The summed E-state index contributed by atoms with van der Waals surface area (Å²) >= 11 is 6.17. The fourth-order valence-corrected chi connectivity index (χ4v) is 6.42. The molecule has 1 aliphatic carbocycles. The van der Waals surface area contributed by atoms with Crippen LogP contribution < -0.4 is 0 Å². The Bertz CT molecular complexity index is 1490. The summed E-state index contributed by atoms with van der Waals surface area (Å²) in [6.07, 6.45) is 4.71. The summed E-state index contributed by atoms with van der Waals surface area (Å²) in [5.74, 6) is -1.37. The summed E-state index contributed by atoms with van der Waals surface area (Å²) in [7, 11) is 0. The molecule has 11 heteroatoms. The van der Waals surface area contributed by atoms with Gasteiger partial charge in [0.1, 0.15) is 17.7 Å². The average molecular weight is 595 g/mol. The second-order valence-corrected chi connectivity index (χ2v) is 11.2. The van der Waals surface area contributed by atoms with Gasteiger partial charge in [-0.05, 0) is 67.9 Å². The first kappa shape index (κ1) is 30.0. The lowest BCUT2D eigenvalue weighted by Gasteiger charge is -2.40. The molecule has 9 nitrogen and oxygen atoms in total. The van der Waals surface area contributed by atoms with Crippen LogP contribution in [0.1, 0.15) is 77.5 Å². The lowest BCUT2D eigenvalue weighted by Crippen LogP contribution is -2.47. The van der Waals surface area contributed by atoms with Gasteiger partial charge in [0.2, 0.25) is 0 Å². The summed E-state index contributed by atoms with van der Waals surface area (Å²) in [5.41, 5.74) is -2.39. The number of amides is 1. The topological polar surface area (TPSA) is 140 Å². The zero-order valence-electron chi connectivity index (χ0n) is 23.1. The maximum Gasteiger partial charge on any atom is 0.257 e. The van der Waals surface area contributed by atoms with E-state index in [0.29, 0.717) is 36.3 Å². The van der Waals surface area contributed by atoms with Crippen molar-refractivity contribution in [3.63, 3.8) is 0 Å². The van der Waals surface area contributed by atoms with Crippen molar-refractivity contribution in [3.05, 3.63) is 93.3 Å². The van der Waals surface area contributed by atoms with E-state index in [4.69, 9.17) is 21.6 Å². The van der Waals surface area contributed by atoms with Crippen molar-refractivity contribution < 1.29 is 29.2 Å². The van der Waals surface area contributed by atoms with Crippen LogP contribution in [0.15, 0.2) is 48.8 Å². The molecule has 0 bridgehead atoms. The molecule has 5 rings (SSSR count). The van der Waals surface area contributed by atoms with E-state index in [2.05, 4.69) is 9.97 Å². The SMILES string of the molecule is CCC(O)(c1cc(F)c2c(c1)C(=O)N(Cc1ncc(C#N)cn1)[C@@]2(OCCO)c1ccc(Cl)cc1)[C@H]1CC[C@H](O)CC1. The van der Waals surface area contributed by atoms with Gasteiger partial charge in [0.15, 0.2) is 5.72 Å². The fraction of sp³-hybridized carbons (Fsp3) is 0.419. The second kappa shape index (κ2) is 12.0. The minimum Gasteiger partial charge on any atom is -0.394 e. The Hall–Kier alpha value is -3.46. The Morgan fingerprint density at radius 1 is 1.19 bits per heavy atom. The standard InChI is InChI=1S/C31H32ClFN4O5/c1-2-30(41,20-5-9-24(39)10-6-20)22-13-25-28(26(33)14-22)31(42-12-11-38,21-3-7-23(32)8-4-21)37(29(25)40)18-27-35-16-19(15-34)17-36-27/h3-4,7-8,13-14,16-17,20,24,38-39,41H,2,5-6,9-12,18H2,1H3/t20-,24-,30?,31-/m1/s1. The van der Waals surface area contributed by atoms with Crippen molar-refractivity contribution >= 4 is 17.5 Å². The number of nitriles is 1. The second-order valence-electron chi connectivity index (χ2n) is 10.8. The van der Waals surface area contributed by atoms with Gasteiger partial charge in [-0.3, -0.25) is 9.69 Å². The molecule has 1 aliphatic heterocycles. The van der Waals surface area contributed by atoms with E-state index in [1.807, 2.05) is 13.0 Å². The van der Waals surface area contributed by atoms with Crippen LogP contribution in [0.2, 0.25) is 5.02 Å². The van der Waals surface area contributed by atoms with Crippen molar-refractivity contribution in [2.45, 2.75) is 63.0 Å². The van der Waals surface area contributed by atoms with Crippen LogP contribution in [0.25, 0.3) is 0 Å². The van der Waals surface area contributed by atoms with Crippen molar-refractivity contribution in [3.8, 4) is 6.07 Å². The number of hydrogen-bond donors (Lipinski definition) is 3. The molecular weight excluding hydrogens is 563 g/mol. The van der Waals surface area contributed by atoms with Gasteiger partial charge >= 0.3 is 0 Å². The number of aliphatic hydroxyl groups excluding tert-OH is 2. The van der Waals surface area contributed by atoms with Crippen LogP contribution >= 0.6 is 11.6 Å². The molecule has 3 N–H and O–H groups in total. The number of hydrogen-bond acceptors (Lipinski definition) is 8. The molecule has 1 aromatic heterocycles. The van der Waals surface area contributed by atoms with Crippen LogP contribution in [-0.2, 0) is 22.6 Å². The third kappa shape index (κ3) is 5.16. The van der Waals surface area contributed by atoms with Crippen LogP contribution in [0.5, 0.6) is 0 Å². The Morgan fingerprint density at radius 2 is 1.86 bits per heavy atom. The van der Waals surface area contributed by atoms with Crippen LogP contribution in [0, 0.1) is 23.1 Å². The predicted molar refractivity (Wildman–Crippen MR) is 150 cm³/mol. The molecule has 0 spiro atoms. The molecule has 1 fully saturated rings. The van der Waals surface area contributed by atoms with E-state index in [1.54, 1.807) is 24.3 Å². The van der Waals surface area contributed by atoms with Gasteiger partial charge in [-0.2, -0.15) is 5.26 Å². The number of aliphatic hydroxyl groups is 3. The molecule has 2 heterocycles. The summed E-state index contributed by atoms with van der Waals surface area (Å²) < 4.78 is 22.8. The first-order chi connectivity index (χ1) is 20.2. The highest BCUT2D eigenvalue weighted by Crippen LogP contribution is 2.50. The minimum absolute atomic E-state index is 0.00857. The zero-order valence-corrected chi connectivity index (χ0v) is 23.9. The maximum atomic E-state index is 16.6. The normalized spacial score (nSPS) is 23.4. The zero-order chi connectivity index (χ0) is 30.1. The molecule has 2 aromatic carbocycles. The minimum atomic E-state index is -1.82. The molecule has 0 radical (unpaired) electrons. The third-order valence-corrected chi connectivity index (χ3v) is 8.72. The molecule has 1 unspecified atom stereocenters. The predicted octanol–water partition coefficient (Wildman–Crippen LogP) is 4.16. The van der Waals surface area contributed by atoms with Gasteiger partial charge < -0.3 is 20.1 Å². The van der Waals surface area contributed by atoms with Crippen LogP contribution in [0.4, 0.5) is 4.39 Å². The maximum absolute atomic E-state index is 16.6. The van der Waals surface area contributed by atoms with E-state index >= 15 is 4.39 Å². The Morgan fingerprint density at radius 3 is 2.45 bits per heavy atom. The first-order valence-corrected chi connectivity index (χ1v) is 14.3. The molecule has 220 valence electrons. The van der Waals surface area contributed by atoms with Gasteiger partial charge in [-0.1, -0.05) is 30.7 Å². The van der Waals surface area contributed by atoms with E-state index in [1.165, 1.54) is 29.4 Å². The molecule has 42 heavy (non-hydrogen) atoms. The van der Waals surface area contributed by atoms with Crippen molar-refractivity contribution in [1.82, 2.24) is 14.9 Å². The number of rotatable bonds is 9. The lowest BCUT2D eigenvalue weighted by molar-refractivity contribution is -0.121. The number of ether oxygens (including phenoxy) is 1. The van der Waals surface area contributed by atoms with E-state index in [0.717, 1.165) is 0 Å². The van der Waals surface area contributed by atoms with Gasteiger partial charge in [0, 0.05) is 23.0 Å². The Balaban J connectivity index is 1.69. The van der Waals surface area contributed by atoms with Crippen molar-refractivity contribution in [2.24, 2.45) is 5.92 Å². The van der Waals surface area contributed by atoms with E-state index < -0.39 is 35.8 Å². The lowest BCUT2D eigenvalue weighted by atomic mass is 9.71. The molecule has 3 aromatic rings. The molecule has 1 amide bonds. The molecule has 2 aliphatic rings. The quantitative estimate of drug-likeness (QED) is 0.336. The largest absolute Gasteiger partial charge is 0.394 e. The highest BCUT2D eigenvalue weighted by atomic mass is 35.5. The number of fused-ring (bicyclic) bond motifs is 1. The van der Waals surface area contributed by atoms with E-state index in [9.17, 15) is 20.1 Å². The van der Waals surface area contributed by atoms with Crippen molar-refractivity contribution in [2.75, 3.05) is 13.2 Å². The fourth-order valence-electron chi connectivity index (χ4n) is 6.30. The molecule has 1 saturated carbocycles. The summed E-state index contributed by atoms with van der Waals surface area (Å²) in [5, 5.41) is 41.2. The number of nitrogens with zero attached hydrogens (tertiary/aromatic N) is 4. The highest BCUT2D eigenvalue weighted by Gasteiger charge is 2.55. The number of halogens is 2. The Kier molecular flexibility index (Phi) is 8.60. The number of aromatic nitrogens is 2. The van der Waals surface area contributed by atoms with Crippen molar-refractivity contribution in [1.29, 1.82) is 5.26 Å². The molecular formula is C31H32ClFN4O5. The summed E-state index contributed by atoms with van der Waals surface area (Å²) in [4.78, 5) is 24.0. The average Bonchev–Trinajstić information content (AvgIpc) is 3.24. The summed E-state index contributed by atoms with van der Waals surface area (Å²) in [6.45, 7) is 0.975. The number of benzene rings is 2. The highest BCUT2D eigenvalue weighted by molar-refractivity contribution is 6.30. The van der Waals surface area contributed by atoms with Gasteiger partial charge in [0.05, 0.1) is 48.2 Å². The van der Waals surface area contributed by atoms with E-state index in [-0.39, 0.29) is 53.6 Å².